The summed E-state index contributed by atoms with van der Waals surface area (Å²) in [6.07, 6.45) is 7.84. The molecule has 0 unspecified atom stereocenters. The number of thiazole rings is 1. The van der Waals surface area contributed by atoms with Crippen LogP contribution in [0.25, 0.3) is 5.52 Å². The van der Waals surface area contributed by atoms with Crippen LogP contribution in [0.1, 0.15) is 38.8 Å². The molecule has 5 heterocycles. The predicted octanol–water partition coefficient (Wildman–Crippen LogP) is 4.23. The summed E-state index contributed by atoms with van der Waals surface area (Å²) in [6, 6.07) is 5.92. The van der Waals surface area contributed by atoms with Crippen LogP contribution < -0.4 is 15.5 Å². The Morgan fingerprint density at radius 3 is 2.69 bits per heavy atom. The first-order valence-corrected chi connectivity index (χ1v) is 11.5. The highest BCUT2D eigenvalue weighted by atomic mass is 32.1. The summed E-state index contributed by atoms with van der Waals surface area (Å²) < 4.78 is 1.86. The fourth-order valence-electron chi connectivity index (χ4n) is 3.01. The Labute approximate surface area is 191 Å². The van der Waals surface area contributed by atoms with Gasteiger partial charge in [-0.2, -0.15) is 10.1 Å². The zero-order valence-corrected chi connectivity index (χ0v) is 19.4. The average molecular weight is 456 g/mol. The zero-order valence-electron chi connectivity index (χ0n) is 18.6. The van der Waals surface area contributed by atoms with Crippen LogP contribution in [0.15, 0.2) is 36.0 Å². The highest BCUT2D eigenvalue weighted by Crippen LogP contribution is 2.23. The Kier molecular flexibility index (Phi) is 8.55. The van der Waals surface area contributed by atoms with Gasteiger partial charge in [0.25, 0.3) is 0 Å². The first-order valence-electron chi connectivity index (χ1n) is 10.6. The van der Waals surface area contributed by atoms with Crippen LogP contribution in [-0.4, -0.2) is 49.3 Å². The first kappa shape index (κ1) is 23.2. The third kappa shape index (κ3) is 6.27. The van der Waals surface area contributed by atoms with Gasteiger partial charge >= 0.3 is 0 Å². The number of nitrogens with one attached hydrogen (secondary N) is 3. The number of amides is 1. The summed E-state index contributed by atoms with van der Waals surface area (Å²) in [7, 11) is 0. The Balaban J connectivity index is 0.000000220. The van der Waals surface area contributed by atoms with E-state index in [0.29, 0.717) is 11.5 Å². The maximum atomic E-state index is 9.73. The van der Waals surface area contributed by atoms with E-state index in [-0.39, 0.29) is 0 Å². The number of hydrogen-bond acceptors (Lipinski definition) is 8. The Morgan fingerprint density at radius 2 is 2.06 bits per heavy atom. The van der Waals surface area contributed by atoms with Crippen molar-refractivity contribution in [3.63, 3.8) is 0 Å². The van der Waals surface area contributed by atoms with Crippen molar-refractivity contribution in [1.29, 1.82) is 0 Å². The normalized spacial score (nSPS) is 12.5. The number of carbonyl (C=O) groups excluding carboxylic acids is 1. The molecule has 1 fully saturated rings. The summed E-state index contributed by atoms with van der Waals surface area (Å²) >= 11 is 1.39. The van der Waals surface area contributed by atoms with E-state index in [1.807, 2.05) is 35.8 Å². The second kappa shape index (κ2) is 11.8. The highest BCUT2D eigenvalue weighted by Gasteiger charge is 2.18. The highest BCUT2D eigenvalue weighted by molar-refractivity contribution is 7.13. The van der Waals surface area contributed by atoms with Crippen LogP contribution in [0, 0.1) is 6.92 Å². The molecule has 0 bridgehead atoms. The van der Waals surface area contributed by atoms with Gasteiger partial charge in [-0.25, -0.2) is 9.50 Å². The lowest BCUT2D eigenvalue weighted by atomic mass is 10.4. The Morgan fingerprint density at radius 1 is 1.28 bits per heavy atom. The molecule has 32 heavy (non-hydrogen) atoms. The molecule has 3 N–H and O–H groups in total. The van der Waals surface area contributed by atoms with E-state index in [2.05, 4.69) is 54.6 Å². The fourth-order valence-corrected chi connectivity index (χ4v) is 3.50. The van der Waals surface area contributed by atoms with Gasteiger partial charge < -0.3 is 15.5 Å². The number of H-pyrrole nitrogens is 1. The van der Waals surface area contributed by atoms with Gasteiger partial charge in [-0.1, -0.05) is 20.3 Å². The first-order chi connectivity index (χ1) is 15.6. The number of aromatic amines is 1. The van der Waals surface area contributed by atoms with Crippen LogP contribution in [0.5, 0.6) is 0 Å². The van der Waals surface area contributed by atoms with Crippen LogP contribution in [0.2, 0.25) is 0 Å². The Hall–Kier alpha value is -3.47. The number of anilines is 4. The van der Waals surface area contributed by atoms with E-state index in [1.54, 1.807) is 11.6 Å². The molecule has 1 aliphatic heterocycles. The van der Waals surface area contributed by atoms with Gasteiger partial charge in [-0.05, 0) is 31.9 Å². The molecule has 0 atom stereocenters. The minimum absolute atomic E-state index is 0.610. The van der Waals surface area contributed by atoms with E-state index in [1.165, 1.54) is 30.6 Å². The van der Waals surface area contributed by atoms with Gasteiger partial charge in [0, 0.05) is 42.6 Å². The van der Waals surface area contributed by atoms with E-state index in [0.717, 1.165) is 41.9 Å². The van der Waals surface area contributed by atoms with Crippen molar-refractivity contribution in [3.05, 3.63) is 41.7 Å². The maximum absolute atomic E-state index is 9.73. The Bertz CT molecular complexity index is 1080. The summed E-state index contributed by atoms with van der Waals surface area (Å²) in [5.74, 6) is 2.32. The van der Waals surface area contributed by atoms with Gasteiger partial charge in [0.2, 0.25) is 12.4 Å². The van der Waals surface area contributed by atoms with Crippen molar-refractivity contribution in [2.45, 2.75) is 40.0 Å². The molecule has 4 aromatic heterocycles. The van der Waals surface area contributed by atoms with Crippen molar-refractivity contribution in [2.75, 3.05) is 28.6 Å². The van der Waals surface area contributed by atoms with Crippen molar-refractivity contribution < 1.29 is 4.79 Å². The molecule has 0 aliphatic carbocycles. The standard InChI is InChI=1S/C14H17N7.C4H4N2OS.C3H8/c1-10-9-12(18-17-10)15-13-11-5-4-8-21(11)19-14(16-13)20-6-2-3-7-20;7-3-6-4-5-1-2-8-4;1-3-2/h4-5,8-9H,2-3,6-7H2,1H3,(H2,15,16,17,18,19);1-3H,(H,5,6,7);3H2,1-2H3. The number of hydrogen-bond donors (Lipinski definition) is 3. The molecular weight excluding hydrogens is 426 g/mol. The van der Waals surface area contributed by atoms with Crippen LogP contribution in [0.4, 0.5) is 22.7 Å². The van der Waals surface area contributed by atoms with Crippen molar-refractivity contribution in [2.24, 2.45) is 0 Å². The molecule has 0 saturated carbocycles. The minimum Gasteiger partial charge on any atom is -0.340 e. The van der Waals surface area contributed by atoms with E-state index >= 15 is 0 Å². The van der Waals surface area contributed by atoms with Gasteiger partial charge in [-0.3, -0.25) is 9.89 Å². The molecule has 0 radical (unpaired) electrons. The van der Waals surface area contributed by atoms with Crippen LogP contribution in [-0.2, 0) is 4.79 Å². The molecule has 0 spiro atoms. The van der Waals surface area contributed by atoms with Crippen molar-refractivity contribution in [3.8, 4) is 0 Å². The summed E-state index contributed by atoms with van der Waals surface area (Å²) in [6.45, 7) is 8.27. The fraction of sp³-hybridized carbons (Fsp3) is 0.381. The molecule has 4 aromatic rings. The third-order valence-corrected chi connectivity index (χ3v) is 5.04. The number of nitrogens with zero attached hydrogens (tertiary/aromatic N) is 6. The van der Waals surface area contributed by atoms with Crippen molar-refractivity contribution >= 4 is 46.0 Å². The van der Waals surface area contributed by atoms with Crippen LogP contribution in [0.3, 0.4) is 0 Å². The molecule has 1 saturated heterocycles. The molecule has 10 nitrogen and oxygen atoms in total. The summed E-state index contributed by atoms with van der Waals surface area (Å²) in [5.41, 5.74) is 1.95. The third-order valence-electron chi connectivity index (χ3n) is 4.34. The monoisotopic (exact) mass is 455 g/mol. The van der Waals surface area contributed by atoms with Gasteiger partial charge in [0.15, 0.2) is 16.8 Å². The summed E-state index contributed by atoms with van der Waals surface area (Å²) in [4.78, 5) is 20.4. The zero-order chi connectivity index (χ0) is 22.8. The van der Waals surface area contributed by atoms with Crippen molar-refractivity contribution in [1.82, 2.24) is 29.8 Å². The van der Waals surface area contributed by atoms with E-state index < -0.39 is 0 Å². The molecule has 1 amide bonds. The number of carbonyl (C=O) groups is 1. The lowest BCUT2D eigenvalue weighted by Gasteiger charge is -2.16. The number of rotatable bonds is 5. The molecule has 11 heteroatoms. The maximum Gasteiger partial charge on any atom is 0.245 e. The van der Waals surface area contributed by atoms with Gasteiger partial charge in [0.1, 0.15) is 5.52 Å². The quantitative estimate of drug-likeness (QED) is 0.386. The molecule has 0 aromatic carbocycles. The van der Waals surface area contributed by atoms with Gasteiger partial charge in [-0.15, -0.1) is 16.4 Å². The number of aromatic nitrogens is 6. The minimum atomic E-state index is 0.610. The van der Waals surface area contributed by atoms with E-state index in [9.17, 15) is 4.79 Å². The van der Waals surface area contributed by atoms with Gasteiger partial charge in [0.05, 0.1) is 0 Å². The molecule has 170 valence electrons. The topological polar surface area (TPSA) is 116 Å². The molecule has 5 rings (SSSR count). The SMILES string of the molecule is CCC.Cc1cc(Nc2nc(N3CCCC3)nn3cccc23)n[nH]1.O=CNc1nccs1. The average Bonchev–Trinajstić information content (AvgIpc) is 3.58. The lowest BCUT2D eigenvalue weighted by molar-refractivity contribution is -0.105. The van der Waals surface area contributed by atoms with E-state index in [4.69, 9.17) is 0 Å². The number of aryl methyl sites for hydroxylation is 1. The second-order valence-corrected chi connectivity index (χ2v) is 8.05. The largest absolute Gasteiger partial charge is 0.340 e. The molecular formula is C21H29N9OS. The predicted molar refractivity (Wildman–Crippen MR) is 129 cm³/mol. The number of fused-ring (bicyclic) bond motifs is 1. The van der Waals surface area contributed by atoms with Crippen LogP contribution >= 0.6 is 11.3 Å². The lowest BCUT2D eigenvalue weighted by Crippen LogP contribution is -2.22. The smallest absolute Gasteiger partial charge is 0.245 e. The summed E-state index contributed by atoms with van der Waals surface area (Å²) in [5, 5.41) is 19.9. The molecule has 1 aliphatic rings. The second-order valence-electron chi connectivity index (χ2n) is 7.16.